The Hall–Kier alpha value is -2.87. The van der Waals surface area contributed by atoms with Crippen molar-refractivity contribution >= 4 is 51.9 Å². The molecule has 182 valence electrons. The average molecular weight is 528 g/mol. The molecule has 2 heterocycles. The summed E-state index contributed by atoms with van der Waals surface area (Å²) in [7, 11) is 0. The molecular formula is C26H28Cl2N6S. The standard InChI is InChI=1S/C26H28Cl2N6S/c1-15-7-6-8-20(11-15)13-33-18(4)24(16(2)31-33)29-26(35)30-25-17(3)32-34(19(25)5)14-21-9-10-22(27)12-23(21)28/h6-12H,13-14H2,1-5H3,(H2,29,30,35). The minimum atomic E-state index is 0.488. The highest BCUT2D eigenvalue weighted by Gasteiger charge is 2.17. The first-order chi connectivity index (χ1) is 16.6. The van der Waals surface area contributed by atoms with E-state index in [0.717, 1.165) is 39.7 Å². The summed E-state index contributed by atoms with van der Waals surface area (Å²) in [5, 5.41) is 17.8. The topological polar surface area (TPSA) is 59.7 Å². The molecule has 0 aliphatic carbocycles. The maximum Gasteiger partial charge on any atom is 0.175 e. The zero-order chi connectivity index (χ0) is 25.3. The van der Waals surface area contributed by atoms with Crippen molar-refractivity contribution in [3.8, 4) is 0 Å². The molecule has 0 aliphatic rings. The summed E-state index contributed by atoms with van der Waals surface area (Å²) in [5.74, 6) is 0. The number of halogens is 2. The van der Waals surface area contributed by atoms with Gasteiger partial charge in [-0.05, 0) is 70.1 Å². The van der Waals surface area contributed by atoms with Crippen LogP contribution in [0.3, 0.4) is 0 Å². The SMILES string of the molecule is Cc1cccc(Cn2nc(C)c(NC(=S)Nc3c(C)nn(Cc4ccc(Cl)cc4Cl)c3C)c2C)c1. The fourth-order valence-corrected chi connectivity index (χ4v) is 4.79. The molecule has 0 saturated carbocycles. The van der Waals surface area contributed by atoms with E-state index in [-0.39, 0.29) is 0 Å². The molecule has 0 unspecified atom stereocenters. The smallest absolute Gasteiger partial charge is 0.175 e. The van der Waals surface area contributed by atoms with Gasteiger partial charge in [-0.25, -0.2) is 0 Å². The molecule has 4 aromatic rings. The highest BCUT2D eigenvalue weighted by molar-refractivity contribution is 7.80. The molecule has 0 atom stereocenters. The molecule has 2 aromatic carbocycles. The van der Waals surface area contributed by atoms with Gasteiger partial charge in [0, 0.05) is 10.0 Å². The highest BCUT2D eigenvalue weighted by Crippen LogP contribution is 2.26. The molecule has 0 amide bonds. The van der Waals surface area contributed by atoms with E-state index in [1.165, 1.54) is 11.1 Å². The van der Waals surface area contributed by atoms with Crippen LogP contribution in [0.2, 0.25) is 10.0 Å². The molecule has 0 aliphatic heterocycles. The van der Waals surface area contributed by atoms with E-state index in [1.54, 1.807) is 6.07 Å². The number of hydrogen-bond acceptors (Lipinski definition) is 3. The molecule has 0 radical (unpaired) electrons. The molecule has 0 spiro atoms. The van der Waals surface area contributed by atoms with Gasteiger partial charge < -0.3 is 10.6 Å². The van der Waals surface area contributed by atoms with Crippen molar-refractivity contribution in [3.63, 3.8) is 0 Å². The minimum Gasteiger partial charge on any atom is -0.329 e. The van der Waals surface area contributed by atoms with Crippen LogP contribution in [0.4, 0.5) is 11.4 Å². The second-order valence-corrected chi connectivity index (χ2v) is 9.96. The van der Waals surface area contributed by atoms with Crippen LogP contribution in [0.25, 0.3) is 0 Å². The third-order valence-electron chi connectivity index (χ3n) is 5.99. The van der Waals surface area contributed by atoms with Gasteiger partial charge in [-0.3, -0.25) is 9.36 Å². The van der Waals surface area contributed by atoms with Crippen LogP contribution in [-0.2, 0) is 13.1 Å². The maximum atomic E-state index is 6.36. The molecular weight excluding hydrogens is 499 g/mol. The van der Waals surface area contributed by atoms with Crippen LogP contribution in [0.1, 0.15) is 39.5 Å². The molecule has 35 heavy (non-hydrogen) atoms. The predicted octanol–water partition coefficient (Wildman–Crippen LogP) is 6.83. The third kappa shape index (κ3) is 5.69. The fourth-order valence-electron chi connectivity index (χ4n) is 4.12. The van der Waals surface area contributed by atoms with Gasteiger partial charge in [0.05, 0.1) is 47.2 Å². The van der Waals surface area contributed by atoms with Crippen LogP contribution in [0.5, 0.6) is 0 Å². The lowest BCUT2D eigenvalue weighted by atomic mass is 10.1. The number of thiocarbonyl (C=S) groups is 1. The van der Waals surface area contributed by atoms with Crippen LogP contribution < -0.4 is 10.6 Å². The zero-order valence-electron chi connectivity index (χ0n) is 20.4. The van der Waals surface area contributed by atoms with E-state index in [0.29, 0.717) is 28.2 Å². The van der Waals surface area contributed by atoms with Gasteiger partial charge in [0.1, 0.15) is 0 Å². The summed E-state index contributed by atoms with van der Waals surface area (Å²) in [6, 6.07) is 13.9. The Kier molecular flexibility index (Phi) is 7.50. The first-order valence-corrected chi connectivity index (χ1v) is 12.4. The summed E-state index contributed by atoms with van der Waals surface area (Å²) in [6.07, 6.45) is 0. The number of aryl methyl sites for hydroxylation is 3. The normalized spacial score (nSPS) is 11.1. The van der Waals surface area contributed by atoms with Crippen LogP contribution in [0.15, 0.2) is 42.5 Å². The lowest BCUT2D eigenvalue weighted by molar-refractivity contribution is 0.659. The molecule has 0 fully saturated rings. The van der Waals surface area contributed by atoms with Crippen molar-refractivity contribution in [2.45, 2.75) is 47.7 Å². The van der Waals surface area contributed by atoms with Gasteiger partial charge in [-0.1, -0.05) is 59.1 Å². The largest absolute Gasteiger partial charge is 0.329 e. The van der Waals surface area contributed by atoms with Crippen molar-refractivity contribution in [2.75, 3.05) is 10.6 Å². The number of nitrogens with one attached hydrogen (secondary N) is 2. The molecule has 0 saturated heterocycles. The van der Waals surface area contributed by atoms with Crippen molar-refractivity contribution in [3.05, 3.63) is 92.0 Å². The Labute approximate surface area is 221 Å². The molecule has 4 rings (SSSR count). The Balaban J connectivity index is 1.48. The monoisotopic (exact) mass is 526 g/mol. The number of rotatable bonds is 6. The van der Waals surface area contributed by atoms with E-state index in [4.69, 9.17) is 40.5 Å². The second-order valence-electron chi connectivity index (χ2n) is 8.71. The zero-order valence-corrected chi connectivity index (χ0v) is 22.7. The van der Waals surface area contributed by atoms with Crippen molar-refractivity contribution in [1.29, 1.82) is 0 Å². The number of benzene rings is 2. The average Bonchev–Trinajstić information content (AvgIpc) is 3.20. The Morgan fingerprint density at radius 3 is 2.00 bits per heavy atom. The Bertz CT molecular complexity index is 1410. The summed E-state index contributed by atoms with van der Waals surface area (Å²) in [4.78, 5) is 0. The third-order valence-corrected chi connectivity index (χ3v) is 6.78. The first-order valence-electron chi connectivity index (χ1n) is 11.3. The van der Waals surface area contributed by atoms with E-state index in [9.17, 15) is 0 Å². The first kappa shape index (κ1) is 25.2. The van der Waals surface area contributed by atoms with E-state index >= 15 is 0 Å². The molecule has 6 nitrogen and oxygen atoms in total. The number of nitrogens with zero attached hydrogens (tertiary/aromatic N) is 4. The summed E-state index contributed by atoms with van der Waals surface area (Å²) in [6.45, 7) is 11.3. The van der Waals surface area contributed by atoms with Gasteiger partial charge in [0.2, 0.25) is 0 Å². The van der Waals surface area contributed by atoms with Crippen molar-refractivity contribution in [2.24, 2.45) is 0 Å². The fraction of sp³-hybridized carbons (Fsp3) is 0.269. The van der Waals surface area contributed by atoms with Gasteiger partial charge in [-0.15, -0.1) is 0 Å². The number of hydrogen-bond donors (Lipinski definition) is 2. The summed E-state index contributed by atoms with van der Waals surface area (Å²) in [5.41, 5.74) is 8.89. The summed E-state index contributed by atoms with van der Waals surface area (Å²) < 4.78 is 3.91. The van der Waals surface area contributed by atoms with Gasteiger partial charge in [-0.2, -0.15) is 10.2 Å². The van der Waals surface area contributed by atoms with Gasteiger partial charge >= 0.3 is 0 Å². The number of aromatic nitrogens is 4. The second kappa shape index (κ2) is 10.4. The highest BCUT2D eigenvalue weighted by atomic mass is 35.5. The number of anilines is 2. The lowest BCUT2D eigenvalue weighted by Crippen LogP contribution is -2.21. The van der Waals surface area contributed by atoms with Crippen LogP contribution in [0, 0.1) is 34.6 Å². The maximum absolute atomic E-state index is 6.36. The van der Waals surface area contributed by atoms with Gasteiger partial charge in [0.25, 0.3) is 0 Å². The predicted molar refractivity (Wildman–Crippen MR) is 149 cm³/mol. The molecule has 9 heteroatoms. The van der Waals surface area contributed by atoms with E-state index < -0.39 is 0 Å². The molecule has 0 bridgehead atoms. The summed E-state index contributed by atoms with van der Waals surface area (Å²) >= 11 is 18.0. The van der Waals surface area contributed by atoms with Crippen LogP contribution in [-0.4, -0.2) is 24.7 Å². The Morgan fingerprint density at radius 1 is 0.829 bits per heavy atom. The van der Waals surface area contributed by atoms with E-state index in [2.05, 4.69) is 46.9 Å². The van der Waals surface area contributed by atoms with Crippen molar-refractivity contribution in [1.82, 2.24) is 19.6 Å². The van der Waals surface area contributed by atoms with Crippen LogP contribution >= 0.6 is 35.4 Å². The minimum absolute atomic E-state index is 0.488. The quantitative estimate of drug-likeness (QED) is 0.269. The van der Waals surface area contributed by atoms with E-state index in [1.807, 2.05) is 49.2 Å². The Morgan fingerprint density at radius 2 is 1.43 bits per heavy atom. The molecule has 2 aromatic heterocycles. The van der Waals surface area contributed by atoms with Gasteiger partial charge in [0.15, 0.2) is 5.11 Å². The van der Waals surface area contributed by atoms with Crippen molar-refractivity contribution < 1.29 is 0 Å². The lowest BCUT2D eigenvalue weighted by Gasteiger charge is -2.12. The molecule has 2 N–H and O–H groups in total.